The molecule has 0 aliphatic carbocycles. The summed E-state index contributed by atoms with van der Waals surface area (Å²) >= 11 is 6.81. The van der Waals surface area contributed by atoms with Gasteiger partial charge in [0.2, 0.25) is 11.9 Å². The molecule has 3 heterocycles. The van der Waals surface area contributed by atoms with E-state index in [9.17, 15) is 14.9 Å². The number of rotatable bonds is 4. The van der Waals surface area contributed by atoms with Gasteiger partial charge >= 0.3 is 0 Å². The third-order valence-electron chi connectivity index (χ3n) is 5.01. The number of amides is 1. The van der Waals surface area contributed by atoms with Gasteiger partial charge in [0.05, 0.1) is 11.5 Å². The molecule has 4 rings (SSSR count). The van der Waals surface area contributed by atoms with Crippen LogP contribution in [-0.2, 0) is 4.79 Å². The lowest BCUT2D eigenvalue weighted by molar-refractivity contribution is -0.384. The average molecular weight is 421 g/mol. The quantitative estimate of drug-likeness (QED) is 0.436. The second kappa shape index (κ2) is 8.02. The van der Waals surface area contributed by atoms with Crippen LogP contribution in [-0.4, -0.2) is 82.0 Å². The number of piperazine rings is 1. The second-order valence-electron chi connectivity index (χ2n) is 6.74. The number of nitro benzene ring substituents is 1. The lowest BCUT2D eigenvalue weighted by atomic mass is 10.2. The summed E-state index contributed by atoms with van der Waals surface area (Å²) in [6.07, 6.45) is 0. The maximum Gasteiger partial charge on any atom is 0.269 e. The lowest BCUT2D eigenvalue weighted by Gasteiger charge is -2.36. The fourth-order valence-electron chi connectivity index (χ4n) is 3.51. The highest BCUT2D eigenvalue weighted by molar-refractivity contribution is 8.24. The van der Waals surface area contributed by atoms with E-state index in [1.54, 1.807) is 12.1 Å². The summed E-state index contributed by atoms with van der Waals surface area (Å²) in [5.74, 6) is 0.578. The number of carbonyl (C=O) groups excluding carboxylic acids is 1. The van der Waals surface area contributed by atoms with Crippen molar-refractivity contribution in [3.8, 4) is 0 Å². The highest BCUT2D eigenvalue weighted by atomic mass is 32.2. The van der Waals surface area contributed by atoms with Crippen molar-refractivity contribution in [3.63, 3.8) is 0 Å². The van der Waals surface area contributed by atoms with Gasteiger partial charge in [-0.05, 0) is 12.1 Å². The molecule has 1 amide bonds. The molecule has 11 heteroatoms. The molecule has 1 aromatic carbocycles. The first-order valence-electron chi connectivity index (χ1n) is 9.07. The molecule has 0 spiro atoms. The van der Waals surface area contributed by atoms with Crippen molar-refractivity contribution in [2.24, 2.45) is 4.99 Å². The van der Waals surface area contributed by atoms with E-state index in [1.165, 1.54) is 28.8 Å². The van der Waals surface area contributed by atoms with E-state index in [1.807, 2.05) is 0 Å². The van der Waals surface area contributed by atoms with Gasteiger partial charge in [0, 0.05) is 57.1 Å². The van der Waals surface area contributed by atoms with Gasteiger partial charge < -0.3 is 10.2 Å². The Morgan fingerprint density at radius 2 is 1.96 bits per heavy atom. The van der Waals surface area contributed by atoms with Crippen LogP contribution in [0.15, 0.2) is 29.3 Å². The van der Waals surface area contributed by atoms with Gasteiger partial charge in [0.15, 0.2) is 4.32 Å². The lowest BCUT2D eigenvalue weighted by Crippen LogP contribution is -2.50. The predicted octanol–water partition coefficient (Wildman–Crippen LogP) is 0.905. The van der Waals surface area contributed by atoms with Crippen molar-refractivity contribution in [1.29, 1.82) is 0 Å². The molecule has 1 N–H and O–H groups in total. The number of guanidine groups is 1. The fourth-order valence-corrected chi connectivity index (χ4v) is 5.05. The van der Waals surface area contributed by atoms with E-state index >= 15 is 0 Å². The Morgan fingerprint density at radius 3 is 2.57 bits per heavy atom. The maximum absolute atomic E-state index is 12.8. The van der Waals surface area contributed by atoms with Crippen molar-refractivity contribution >= 4 is 51.5 Å². The van der Waals surface area contributed by atoms with Gasteiger partial charge in [0.25, 0.3) is 5.69 Å². The minimum atomic E-state index is -0.390. The minimum absolute atomic E-state index is 0.000878. The zero-order valence-corrected chi connectivity index (χ0v) is 16.7. The smallest absolute Gasteiger partial charge is 0.269 e. The molecule has 1 unspecified atom stereocenters. The number of anilines is 1. The number of non-ortho nitro benzene ring substituents is 1. The molecular formula is C17H20N6O3S2. The molecule has 28 heavy (non-hydrogen) atoms. The third kappa shape index (κ3) is 3.82. The van der Waals surface area contributed by atoms with E-state index in [0.717, 1.165) is 38.4 Å². The first-order chi connectivity index (χ1) is 13.5. The molecule has 2 fully saturated rings. The van der Waals surface area contributed by atoms with Gasteiger partial charge in [-0.3, -0.25) is 24.8 Å². The van der Waals surface area contributed by atoms with Crippen LogP contribution in [0.25, 0.3) is 0 Å². The Hall–Kier alpha value is -2.24. The molecule has 0 aromatic heterocycles. The first-order valence-corrected chi connectivity index (χ1v) is 10.4. The molecular weight excluding hydrogens is 400 g/mol. The monoisotopic (exact) mass is 420 g/mol. The van der Waals surface area contributed by atoms with Crippen LogP contribution in [0.4, 0.5) is 11.4 Å². The van der Waals surface area contributed by atoms with Crippen LogP contribution in [0.3, 0.4) is 0 Å². The summed E-state index contributed by atoms with van der Waals surface area (Å²) in [5, 5.41) is 13.7. The summed E-state index contributed by atoms with van der Waals surface area (Å²) in [6, 6.07) is 6.64. The second-order valence-corrected chi connectivity index (χ2v) is 8.58. The Bertz CT molecular complexity index is 823. The van der Waals surface area contributed by atoms with Gasteiger partial charge in [-0.2, -0.15) is 0 Å². The molecule has 0 saturated carbocycles. The largest absolute Gasteiger partial charge is 0.369 e. The maximum atomic E-state index is 12.8. The number of nitrogens with zero attached hydrogens (tertiary/aromatic N) is 5. The number of hydrogen-bond donors (Lipinski definition) is 1. The number of thiocarbonyl (C=S) groups is 1. The Balaban J connectivity index is 1.31. The Kier molecular flexibility index (Phi) is 5.47. The highest BCUT2D eigenvalue weighted by Crippen LogP contribution is 2.29. The number of hydrogen-bond acceptors (Lipinski definition) is 9. The molecule has 0 radical (unpaired) electrons. The zero-order chi connectivity index (χ0) is 19.7. The van der Waals surface area contributed by atoms with Crippen LogP contribution in [0.5, 0.6) is 0 Å². The average Bonchev–Trinajstić information content (AvgIpc) is 3.31. The van der Waals surface area contributed by atoms with Crippen molar-refractivity contribution in [2.75, 3.05) is 50.7 Å². The number of aliphatic imine (C=N–C) groups is 1. The molecule has 3 aliphatic rings. The standard InChI is InChI=1S/C17H20N6O3S2/c24-15-14(28-17(27)22(15)16-18-5-6-19-16)11-20-7-9-21(10-8-20)12-1-3-13(4-2-12)23(25)26/h1-4,14H,5-11H2,(H,18,19). The normalized spacial score (nSPS) is 23.1. The SMILES string of the molecule is O=C1C(CN2CCN(c3ccc([N+](=O)[O-])cc3)CC2)SC(=S)N1C1=NCCN1. The third-order valence-corrected chi connectivity index (χ3v) is 6.50. The number of nitrogens with one attached hydrogen (secondary N) is 1. The molecule has 0 bridgehead atoms. The van der Waals surface area contributed by atoms with Crippen molar-refractivity contribution < 1.29 is 9.72 Å². The van der Waals surface area contributed by atoms with Crippen LogP contribution < -0.4 is 10.2 Å². The van der Waals surface area contributed by atoms with Crippen molar-refractivity contribution in [2.45, 2.75) is 5.25 Å². The van der Waals surface area contributed by atoms with E-state index < -0.39 is 4.92 Å². The summed E-state index contributed by atoms with van der Waals surface area (Å²) in [5.41, 5.74) is 1.08. The van der Waals surface area contributed by atoms with E-state index in [2.05, 4.69) is 20.1 Å². The van der Waals surface area contributed by atoms with Gasteiger partial charge in [-0.25, -0.2) is 4.90 Å². The molecule has 148 valence electrons. The minimum Gasteiger partial charge on any atom is -0.369 e. The van der Waals surface area contributed by atoms with Gasteiger partial charge in [0.1, 0.15) is 5.25 Å². The zero-order valence-electron chi connectivity index (χ0n) is 15.1. The van der Waals surface area contributed by atoms with Gasteiger partial charge in [-0.1, -0.05) is 24.0 Å². The summed E-state index contributed by atoms with van der Waals surface area (Å²) in [7, 11) is 0. The summed E-state index contributed by atoms with van der Waals surface area (Å²) in [6.45, 7) is 5.34. The van der Waals surface area contributed by atoms with Crippen LogP contribution in [0.1, 0.15) is 0 Å². The first kappa shape index (κ1) is 19.1. The van der Waals surface area contributed by atoms with Crippen LogP contribution in [0, 0.1) is 10.1 Å². The van der Waals surface area contributed by atoms with Crippen molar-refractivity contribution in [1.82, 2.24) is 15.1 Å². The molecule has 1 atom stereocenters. The predicted molar refractivity (Wildman–Crippen MR) is 113 cm³/mol. The number of nitro groups is 1. The summed E-state index contributed by atoms with van der Waals surface area (Å²) in [4.78, 5) is 33.5. The summed E-state index contributed by atoms with van der Waals surface area (Å²) < 4.78 is 0.563. The van der Waals surface area contributed by atoms with Crippen LogP contribution in [0.2, 0.25) is 0 Å². The molecule has 2 saturated heterocycles. The Morgan fingerprint density at radius 1 is 1.25 bits per heavy atom. The van der Waals surface area contributed by atoms with E-state index in [0.29, 0.717) is 23.4 Å². The van der Waals surface area contributed by atoms with Crippen molar-refractivity contribution in [3.05, 3.63) is 34.4 Å². The molecule has 3 aliphatic heterocycles. The number of carbonyl (C=O) groups is 1. The van der Waals surface area contributed by atoms with E-state index in [4.69, 9.17) is 12.2 Å². The topological polar surface area (TPSA) is 94.3 Å². The molecule has 1 aromatic rings. The molecule has 9 nitrogen and oxygen atoms in total. The van der Waals surface area contributed by atoms with Gasteiger partial charge in [-0.15, -0.1) is 0 Å². The van der Waals surface area contributed by atoms with E-state index in [-0.39, 0.29) is 16.8 Å². The Labute approximate surface area is 171 Å². The fraction of sp³-hybridized carbons (Fsp3) is 0.471. The number of benzene rings is 1. The highest BCUT2D eigenvalue weighted by Gasteiger charge is 2.41. The number of thioether (sulfide) groups is 1. The van der Waals surface area contributed by atoms with Crippen LogP contribution >= 0.6 is 24.0 Å².